The van der Waals surface area contributed by atoms with E-state index in [1.807, 2.05) is 42.5 Å². The lowest BCUT2D eigenvalue weighted by Crippen LogP contribution is -2.25. The summed E-state index contributed by atoms with van der Waals surface area (Å²) >= 11 is 0. The molecular formula is C24H24N2O3. The number of fused-ring (bicyclic) bond motifs is 1. The Balaban J connectivity index is 1.49. The Hall–Kier alpha value is -3.31. The molecule has 0 atom stereocenters. The van der Waals surface area contributed by atoms with E-state index in [-0.39, 0.29) is 5.75 Å². The number of aromatic hydroxyl groups is 1. The fourth-order valence-corrected chi connectivity index (χ4v) is 3.44. The van der Waals surface area contributed by atoms with E-state index in [9.17, 15) is 5.11 Å². The zero-order chi connectivity index (χ0) is 20.1. The molecule has 5 nitrogen and oxygen atoms in total. The second-order valence-corrected chi connectivity index (χ2v) is 6.96. The number of aromatic nitrogens is 1. The van der Waals surface area contributed by atoms with Crippen LogP contribution < -0.4 is 9.47 Å². The van der Waals surface area contributed by atoms with Gasteiger partial charge in [0, 0.05) is 37.0 Å². The quantitative estimate of drug-likeness (QED) is 0.703. The van der Waals surface area contributed by atoms with Gasteiger partial charge in [-0.3, -0.25) is 9.88 Å². The molecule has 5 heteroatoms. The van der Waals surface area contributed by atoms with Crippen molar-refractivity contribution in [3.05, 3.63) is 78.0 Å². The normalized spacial score (nSPS) is 14.2. The van der Waals surface area contributed by atoms with Gasteiger partial charge in [0.25, 0.3) is 0 Å². The van der Waals surface area contributed by atoms with Crippen molar-refractivity contribution in [2.45, 2.75) is 6.54 Å². The van der Waals surface area contributed by atoms with E-state index in [0.717, 1.165) is 41.2 Å². The van der Waals surface area contributed by atoms with E-state index in [4.69, 9.17) is 9.47 Å². The van der Waals surface area contributed by atoms with Crippen LogP contribution in [0.2, 0.25) is 0 Å². The van der Waals surface area contributed by atoms with Crippen molar-refractivity contribution >= 4 is 6.08 Å². The first kappa shape index (κ1) is 19.0. The monoisotopic (exact) mass is 388 g/mol. The molecule has 1 aliphatic rings. The SMILES string of the molecule is COc1ccc(C=CCN2CCOc3c(O)cc(-c4ccccn4)cc3C2)cc1. The fourth-order valence-electron chi connectivity index (χ4n) is 3.44. The number of phenols is 1. The van der Waals surface area contributed by atoms with Gasteiger partial charge in [-0.15, -0.1) is 0 Å². The molecule has 2 aromatic carbocycles. The van der Waals surface area contributed by atoms with E-state index in [2.05, 4.69) is 28.1 Å². The molecule has 1 aromatic heterocycles. The van der Waals surface area contributed by atoms with Crippen molar-refractivity contribution in [2.75, 3.05) is 26.8 Å². The molecule has 4 rings (SSSR count). The van der Waals surface area contributed by atoms with Gasteiger partial charge in [0.2, 0.25) is 0 Å². The maximum atomic E-state index is 10.5. The minimum atomic E-state index is 0.166. The minimum absolute atomic E-state index is 0.166. The van der Waals surface area contributed by atoms with Crippen LogP contribution >= 0.6 is 0 Å². The zero-order valence-electron chi connectivity index (χ0n) is 16.4. The molecule has 1 N–H and O–H groups in total. The van der Waals surface area contributed by atoms with Crippen LogP contribution in [0, 0.1) is 0 Å². The second-order valence-electron chi connectivity index (χ2n) is 6.96. The zero-order valence-corrected chi connectivity index (χ0v) is 16.4. The molecule has 0 aliphatic carbocycles. The molecule has 0 bridgehead atoms. The maximum Gasteiger partial charge on any atom is 0.165 e. The van der Waals surface area contributed by atoms with E-state index < -0.39 is 0 Å². The van der Waals surface area contributed by atoms with E-state index in [0.29, 0.717) is 18.9 Å². The first-order valence-corrected chi connectivity index (χ1v) is 9.66. The van der Waals surface area contributed by atoms with E-state index in [1.165, 1.54) is 0 Å². The van der Waals surface area contributed by atoms with Gasteiger partial charge in [-0.05, 0) is 42.0 Å². The molecule has 0 unspecified atom stereocenters. The number of methoxy groups -OCH3 is 1. The number of ether oxygens (including phenoxy) is 2. The Morgan fingerprint density at radius 3 is 2.79 bits per heavy atom. The molecule has 0 saturated carbocycles. The smallest absolute Gasteiger partial charge is 0.165 e. The maximum absolute atomic E-state index is 10.5. The van der Waals surface area contributed by atoms with Gasteiger partial charge in [-0.1, -0.05) is 30.4 Å². The third kappa shape index (κ3) is 4.58. The van der Waals surface area contributed by atoms with Crippen molar-refractivity contribution in [3.63, 3.8) is 0 Å². The van der Waals surface area contributed by atoms with Crippen LogP contribution in [0.5, 0.6) is 17.2 Å². The average molecular weight is 388 g/mol. The lowest BCUT2D eigenvalue weighted by molar-refractivity contribution is 0.239. The number of pyridine rings is 1. The fraction of sp³-hybridized carbons (Fsp3) is 0.208. The van der Waals surface area contributed by atoms with Gasteiger partial charge < -0.3 is 14.6 Å². The Labute approximate surface area is 170 Å². The van der Waals surface area contributed by atoms with Gasteiger partial charge in [0.1, 0.15) is 12.4 Å². The number of hydrogen-bond acceptors (Lipinski definition) is 5. The second kappa shape index (κ2) is 8.80. The summed E-state index contributed by atoms with van der Waals surface area (Å²) in [6.07, 6.45) is 6.01. The van der Waals surface area contributed by atoms with Crippen LogP contribution in [-0.2, 0) is 6.54 Å². The Bertz CT molecular complexity index is 985. The lowest BCUT2D eigenvalue weighted by atomic mass is 10.0. The number of phenolic OH excluding ortho intramolecular Hbond substituents is 1. The molecule has 148 valence electrons. The number of nitrogens with zero attached hydrogens (tertiary/aromatic N) is 2. The lowest BCUT2D eigenvalue weighted by Gasteiger charge is -2.17. The van der Waals surface area contributed by atoms with Gasteiger partial charge >= 0.3 is 0 Å². The molecule has 0 fully saturated rings. The van der Waals surface area contributed by atoms with Crippen LogP contribution in [0.1, 0.15) is 11.1 Å². The summed E-state index contributed by atoms with van der Waals surface area (Å²) in [5.74, 6) is 1.59. The van der Waals surface area contributed by atoms with Crippen molar-refractivity contribution in [2.24, 2.45) is 0 Å². The number of benzene rings is 2. The molecule has 29 heavy (non-hydrogen) atoms. The molecule has 3 aromatic rings. The average Bonchev–Trinajstić information content (AvgIpc) is 2.97. The van der Waals surface area contributed by atoms with E-state index >= 15 is 0 Å². The van der Waals surface area contributed by atoms with Gasteiger partial charge in [-0.2, -0.15) is 0 Å². The number of hydrogen-bond donors (Lipinski definition) is 1. The van der Waals surface area contributed by atoms with E-state index in [1.54, 1.807) is 19.4 Å². The summed E-state index contributed by atoms with van der Waals surface area (Å²) < 4.78 is 11.0. The Morgan fingerprint density at radius 2 is 2.03 bits per heavy atom. The third-order valence-corrected chi connectivity index (χ3v) is 4.94. The Kier molecular flexibility index (Phi) is 5.77. The van der Waals surface area contributed by atoms with Crippen LogP contribution in [-0.4, -0.2) is 41.8 Å². The largest absolute Gasteiger partial charge is 0.504 e. The third-order valence-electron chi connectivity index (χ3n) is 4.94. The number of rotatable bonds is 5. The minimum Gasteiger partial charge on any atom is -0.504 e. The summed E-state index contributed by atoms with van der Waals surface area (Å²) in [5, 5.41) is 10.5. The molecule has 0 radical (unpaired) electrons. The predicted molar refractivity (Wildman–Crippen MR) is 114 cm³/mol. The molecule has 0 spiro atoms. The van der Waals surface area contributed by atoms with Crippen molar-refractivity contribution in [1.29, 1.82) is 0 Å². The van der Waals surface area contributed by atoms with Gasteiger partial charge in [0.05, 0.1) is 12.8 Å². The molecular weight excluding hydrogens is 364 g/mol. The van der Waals surface area contributed by atoms with Crippen molar-refractivity contribution in [3.8, 4) is 28.5 Å². The highest BCUT2D eigenvalue weighted by molar-refractivity contribution is 5.66. The first-order chi connectivity index (χ1) is 14.2. The summed E-state index contributed by atoms with van der Waals surface area (Å²) in [5.41, 5.74) is 3.83. The molecule has 0 amide bonds. The van der Waals surface area contributed by atoms with Crippen molar-refractivity contribution in [1.82, 2.24) is 9.88 Å². The van der Waals surface area contributed by atoms with Crippen molar-refractivity contribution < 1.29 is 14.6 Å². The molecule has 1 aliphatic heterocycles. The topological polar surface area (TPSA) is 54.8 Å². The van der Waals surface area contributed by atoms with Crippen LogP contribution in [0.4, 0.5) is 0 Å². The summed E-state index contributed by atoms with van der Waals surface area (Å²) in [7, 11) is 1.67. The van der Waals surface area contributed by atoms with Gasteiger partial charge in [-0.25, -0.2) is 0 Å². The molecule has 0 saturated heterocycles. The molecule has 2 heterocycles. The van der Waals surface area contributed by atoms with Gasteiger partial charge in [0.15, 0.2) is 11.5 Å². The summed E-state index contributed by atoms with van der Waals surface area (Å²) in [4.78, 5) is 6.69. The first-order valence-electron chi connectivity index (χ1n) is 9.66. The van der Waals surface area contributed by atoms with Crippen LogP contribution in [0.3, 0.4) is 0 Å². The van der Waals surface area contributed by atoms with Crippen LogP contribution in [0.15, 0.2) is 66.9 Å². The standard InChI is InChI=1S/C24H24N2O3/c1-28-21-9-7-18(8-10-21)5-4-12-26-13-14-29-24-20(17-26)15-19(16-23(24)27)22-6-2-3-11-25-22/h2-11,15-16,27H,12-14,17H2,1H3. The summed E-state index contributed by atoms with van der Waals surface area (Å²) in [6, 6.07) is 17.5. The summed E-state index contributed by atoms with van der Waals surface area (Å²) in [6.45, 7) is 2.83. The highest BCUT2D eigenvalue weighted by Gasteiger charge is 2.19. The highest BCUT2D eigenvalue weighted by Crippen LogP contribution is 2.37. The Morgan fingerprint density at radius 1 is 1.17 bits per heavy atom. The van der Waals surface area contributed by atoms with Crippen LogP contribution in [0.25, 0.3) is 17.3 Å². The highest BCUT2D eigenvalue weighted by atomic mass is 16.5. The predicted octanol–water partition coefficient (Wildman–Crippen LogP) is 4.37.